The average Bonchev–Trinajstić information content (AvgIpc) is 3.03. The van der Waals surface area contributed by atoms with Crippen molar-refractivity contribution in [3.63, 3.8) is 0 Å². The van der Waals surface area contributed by atoms with Gasteiger partial charge in [0.15, 0.2) is 0 Å². The molecule has 19 heavy (non-hydrogen) atoms. The molecular formula is C15H20N2S2. The lowest BCUT2D eigenvalue weighted by Crippen LogP contribution is -2.22. The lowest BCUT2D eigenvalue weighted by Gasteiger charge is -2.15. The highest BCUT2D eigenvalue weighted by molar-refractivity contribution is 7.12. The van der Waals surface area contributed by atoms with Crippen molar-refractivity contribution in [1.29, 1.82) is 0 Å². The largest absolute Gasteiger partial charge is 0.309 e. The van der Waals surface area contributed by atoms with Crippen LogP contribution in [0, 0.1) is 6.92 Å². The number of aryl methyl sites for hydroxylation is 3. The van der Waals surface area contributed by atoms with E-state index >= 15 is 0 Å². The summed E-state index contributed by atoms with van der Waals surface area (Å²) in [5.41, 5.74) is 2.82. The number of hydrogen-bond acceptors (Lipinski definition) is 4. The van der Waals surface area contributed by atoms with Gasteiger partial charge in [-0.3, -0.25) is 0 Å². The first kappa shape index (κ1) is 13.3. The zero-order valence-corrected chi connectivity index (χ0v) is 13.2. The van der Waals surface area contributed by atoms with Gasteiger partial charge in [0, 0.05) is 27.6 Å². The van der Waals surface area contributed by atoms with Gasteiger partial charge in [-0.15, -0.1) is 22.7 Å². The molecule has 1 atom stereocenters. The number of hydrogen-bond donors (Lipinski definition) is 1. The molecule has 0 fully saturated rings. The van der Waals surface area contributed by atoms with Gasteiger partial charge in [0.25, 0.3) is 0 Å². The van der Waals surface area contributed by atoms with Crippen LogP contribution in [0.2, 0.25) is 0 Å². The molecule has 1 N–H and O–H groups in total. The zero-order valence-electron chi connectivity index (χ0n) is 11.5. The summed E-state index contributed by atoms with van der Waals surface area (Å²) in [6, 6.07) is 2.86. The summed E-state index contributed by atoms with van der Waals surface area (Å²) < 4.78 is 0. The Balaban J connectivity index is 1.79. The van der Waals surface area contributed by atoms with Crippen LogP contribution < -0.4 is 5.32 Å². The van der Waals surface area contributed by atoms with E-state index in [1.165, 1.54) is 34.8 Å². The van der Waals surface area contributed by atoms with Crippen molar-refractivity contribution in [3.8, 4) is 0 Å². The molecule has 1 aliphatic carbocycles. The first-order valence-corrected chi connectivity index (χ1v) is 8.71. The number of nitrogens with one attached hydrogen (secondary N) is 1. The maximum atomic E-state index is 4.60. The van der Waals surface area contributed by atoms with Crippen LogP contribution in [0.5, 0.6) is 0 Å². The Hall–Kier alpha value is -0.710. The van der Waals surface area contributed by atoms with Crippen molar-refractivity contribution in [1.82, 2.24) is 10.3 Å². The fourth-order valence-electron chi connectivity index (χ4n) is 2.75. The van der Waals surface area contributed by atoms with Crippen LogP contribution in [0.3, 0.4) is 0 Å². The van der Waals surface area contributed by atoms with E-state index in [2.05, 4.69) is 35.6 Å². The Morgan fingerprint density at radius 3 is 3.00 bits per heavy atom. The van der Waals surface area contributed by atoms with Gasteiger partial charge >= 0.3 is 0 Å². The van der Waals surface area contributed by atoms with Crippen LogP contribution in [0.1, 0.15) is 45.4 Å². The maximum absolute atomic E-state index is 4.60. The average molecular weight is 292 g/mol. The SMILES string of the molecule is CCNC(Cc1csc(C)n1)c1cc2c(s1)CCC2. The lowest BCUT2D eigenvalue weighted by atomic mass is 10.1. The van der Waals surface area contributed by atoms with Gasteiger partial charge in [-0.1, -0.05) is 6.92 Å². The minimum Gasteiger partial charge on any atom is -0.309 e. The first-order valence-electron chi connectivity index (χ1n) is 7.02. The van der Waals surface area contributed by atoms with Crippen molar-refractivity contribution in [3.05, 3.63) is 37.5 Å². The second kappa shape index (κ2) is 5.73. The number of fused-ring (bicyclic) bond motifs is 1. The molecule has 2 nitrogen and oxygen atoms in total. The van der Waals surface area contributed by atoms with Crippen molar-refractivity contribution in [2.24, 2.45) is 0 Å². The number of rotatable bonds is 5. The van der Waals surface area contributed by atoms with Gasteiger partial charge in [-0.25, -0.2) is 4.98 Å². The Labute approximate surface area is 122 Å². The number of nitrogens with zero attached hydrogens (tertiary/aromatic N) is 1. The minimum absolute atomic E-state index is 0.432. The number of thiazole rings is 1. The fraction of sp³-hybridized carbons (Fsp3) is 0.533. The Morgan fingerprint density at radius 2 is 2.32 bits per heavy atom. The fourth-order valence-corrected chi connectivity index (χ4v) is 4.71. The van der Waals surface area contributed by atoms with E-state index in [0.29, 0.717) is 6.04 Å². The standard InChI is InChI=1S/C15H20N2S2/c1-3-16-13(8-12-9-18-10(2)17-12)15-7-11-5-4-6-14(11)19-15/h7,9,13,16H,3-6,8H2,1-2H3. The quantitative estimate of drug-likeness (QED) is 0.904. The molecule has 0 saturated heterocycles. The van der Waals surface area contributed by atoms with E-state index in [1.54, 1.807) is 21.8 Å². The molecule has 0 saturated carbocycles. The summed E-state index contributed by atoms with van der Waals surface area (Å²) in [4.78, 5) is 7.72. The molecule has 0 aromatic carbocycles. The van der Waals surface area contributed by atoms with E-state index in [-0.39, 0.29) is 0 Å². The van der Waals surface area contributed by atoms with Gasteiger partial charge in [0.1, 0.15) is 0 Å². The minimum atomic E-state index is 0.432. The van der Waals surface area contributed by atoms with Crippen molar-refractivity contribution < 1.29 is 0 Å². The molecule has 2 aromatic heterocycles. The summed E-state index contributed by atoms with van der Waals surface area (Å²) in [7, 11) is 0. The third-order valence-electron chi connectivity index (χ3n) is 3.64. The second-order valence-corrected chi connectivity index (χ2v) is 7.35. The number of aromatic nitrogens is 1. The molecule has 1 aliphatic rings. The number of thiophene rings is 1. The molecule has 4 heteroatoms. The highest BCUT2D eigenvalue weighted by Gasteiger charge is 2.20. The summed E-state index contributed by atoms with van der Waals surface area (Å²) in [5, 5.41) is 6.98. The Kier molecular flexibility index (Phi) is 4.01. The molecule has 102 valence electrons. The van der Waals surface area contributed by atoms with E-state index in [9.17, 15) is 0 Å². The maximum Gasteiger partial charge on any atom is 0.0897 e. The normalized spacial score (nSPS) is 15.7. The van der Waals surface area contributed by atoms with Crippen LogP contribution in [0.4, 0.5) is 0 Å². The molecule has 1 unspecified atom stereocenters. The van der Waals surface area contributed by atoms with Gasteiger partial charge in [0.2, 0.25) is 0 Å². The third-order valence-corrected chi connectivity index (χ3v) is 5.81. The highest BCUT2D eigenvalue weighted by atomic mass is 32.1. The molecular weight excluding hydrogens is 272 g/mol. The Bertz CT molecular complexity index is 535. The van der Waals surface area contributed by atoms with Gasteiger partial charge in [-0.2, -0.15) is 0 Å². The van der Waals surface area contributed by atoms with Gasteiger partial charge in [-0.05, 0) is 44.4 Å². The molecule has 2 heterocycles. The first-order chi connectivity index (χ1) is 9.26. The monoisotopic (exact) mass is 292 g/mol. The van der Waals surface area contributed by atoms with Crippen LogP contribution >= 0.6 is 22.7 Å². The van der Waals surface area contributed by atoms with Crippen molar-refractivity contribution in [2.75, 3.05) is 6.54 Å². The lowest BCUT2D eigenvalue weighted by molar-refractivity contribution is 0.553. The summed E-state index contributed by atoms with van der Waals surface area (Å²) in [6.07, 6.45) is 4.92. The molecule has 2 aromatic rings. The predicted molar refractivity (Wildman–Crippen MR) is 83.3 cm³/mol. The van der Waals surface area contributed by atoms with E-state index < -0.39 is 0 Å². The molecule has 0 bridgehead atoms. The molecule has 0 radical (unpaired) electrons. The van der Waals surface area contributed by atoms with Crippen LogP contribution in [0.15, 0.2) is 11.4 Å². The summed E-state index contributed by atoms with van der Waals surface area (Å²) >= 11 is 3.76. The highest BCUT2D eigenvalue weighted by Crippen LogP contribution is 2.34. The van der Waals surface area contributed by atoms with Gasteiger partial charge in [0.05, 0.1) is 10.7 Å². The topological polar surface area (TPSA) is 24.9 Å². The third kappa shape index (κ3) is 2.91. The van der Waals surface area contributed by atoms with Crippen molar-refractivity contribution in [2.45, 2.75) is 45.6 Å². The predicted octanol–water partition coefficient (Wildman–Crippen LogP) is 3.90. The zero-order chi connectivity index (χ0) is 13.2. The Morgan fingerprint density at radius 1 is 1.42 bits per heavy atom. The summed E-state index contributed by atoms with van der Waals surface area (Å²) in [5.74, 6) is 0. The van der Waals surface area contributed by atoms with E-state index in [0.717, 1.165) is 13.0 Å². The van der Waals surface area contributed by atoms with Crippen LogP contribution in [0.25, 0.3) is 0 Å². The van der Waals surface area contributed by atoms with Crippen LogP contribution in [-0.4, -0.2) is 11.5 Å². The molecule has 0 spiro atoms. The smallest absolute Gasteiger partial charge is 0.0897 e. The van der Waals surface area contributed by atoms with E-state index in [1.807, 2.05) is 11.3 Å². The van der Waals surface area contributed by atoms with E-state index in [4.69, 9.17) is 0 Å². The van der Waals surface area contributed by atoms with Crippen molar-refractivity contribution >= 4 is 22.7 Å². The van der Waals surface area contributed by atoms with Gasteiger partial charge < -0.3 is 5.32 Å². The number of likely N-dealkylation sites (N-methyl/N-ethyl adjacent to an activating group) is 1. The molecule has 3 rings (SSSR count). The second-order valence-electron chi connectivity index (χ2n) is 5.12. The molecule has 0 aliphatic heterocycles. The molecule has 0 amide bonds. The summed E-state index contributed by atoms with van der Waals surface area (Å²) in [6.45, 7) is 5.27. The van der Waals surface area contributed by atoms with Crippen LogP contribution in [-0.2, 0) is 19.3 Å².